The topological polar surface area (TPSA) is 95.3 Å². The van der Waals surface area contributed by atoms with Gasteiger partial charge in [0.05, 0.1) is 18.4 Å². The second kappa shape index (κ2) is 10.6. The van der Waals surface area contributed by atoms with Gasteiger partial charge >= 0.3 is 12.6 Å². The first-order chi connectivity index (χ1) is 15.3. The summed E-state index contributed by atoms with van der Waals surface area (Å²) in [7, 11) is 3.03. The highest BCUT2D eigenvalue weighted by molar-refractivity contribution is 7.99. The van der Waals surface area contributed by atoms with Crippen LogP contribution in [0.1, 0.15) is 22.2 Å². The number of hydrogen-bond donors (Lipinski definition) is 1. The largest absolute Gasteiger partial charge is 0.465 e. The zero-order chi connectivity index (χ0) is 23.3. The SMILES string of the molecule is CCc1cc(C(=O)OC)c(NC(=O)CSc2nnc(-c3ccc(OC(F)F)cc3)n2C)s1. The first-order valence-corrected chi connectivity index (χ1v) is 11.2. The van der Waals surface area contributed by atoms with E-state index in [1.165, 1.54) is 42.3 Å². The summed E-state index contributed by atoms with van der Waals surface area (Å²) in [6, 6.07) is 7.74. The highest BCUT2D eigenvalue weighted by Crippen LogP contribution is 2.30. The molecule has 1 aromatic carbocycles. The van der Waals surface area contributed by atoms with Crippen molar-refractivity contribution >= 4 is 40.0 Å². The number of alkyl halides is 2. The summed E-state index contributed by atoms with van der Waals surface area (Å²) in [5, 5.41) is 11.9. The molecule has 0 aliphatic carbocycles. The van der Waals surface area contributed by atoms with Gasteiger partial charge in [0.2, 0.25) is 5.91 Å². The van der Waals surface area contributed by atoms with Gasteiger partial charge in [0.15, 0.2) is 11.0 Å². The van der Waals surface area contributed by atoms with Crippen molar-refractivity contribution in [3.05, 3.63) is 40.8 Å². The molecule has 1 amide bonds. The first-order valence-electron chi connectivity index (χ1n) is 9.40. The molecule has 0 atom stereocenters. The van der Waals surface area contributed by atoms with Gasteiger partial charge in [0.1, 0.15) is 10.8 Å². The summed E-state index contributed by atoms with van der Waals surface area (Å²) < 4.78 is 35.4. The van der Waals surface area contributed by atoms with E-state index in [0.29, 0.717) is 27.1 Å². The van der Waals surface area contributed by atoms with Crippen molar-refractivity contribution in [2.75, 3.05) is 18.2 Å². The maximum Gasteiger partial charge on any atom is 0.387 e. The lowest BCUT2D eigenvalue weighted by Crippen LogP contribution is -2.16. The van der Waals surface area contributed by atoms with E-state index < -0.39 is 12.6 Å². The van der Waals surface area contributed by atoms with Crippen LogP contribution in [0.5, 0.6) is 5.75 Å². The second-order valence-corrected chi connectivity index (χ2v) is 8.48. The second-order valence-electron chi connectivity index (χ2n) is 6.41. The zero-order valence-corrected chi connectivity index (χ0v) is 19.1. The molecule has 0 aliphatic heterocycles. The number of thioether (sulfide) groups is 1. The number of aromatic nitrogens is 3. The number of halogens is 2. The number of rotatable bonds is 9. The van der Waals surface area contributed by atoms with Crippen molar-refractivity contribution in [1.29, 1.82) is 0 Å². The summed E-state index contributed by atoms with van der Waals surface area (Å²) >= 11 is 2.51. The summed E-state index contributed by atoms with van der Waals surface area (Å²) in [6.45, 7) is -0.935. The van der Waals surface area contributed by atoms with E-state index in [0.717, 1.165) is 11.3 Å². The van der Waals surface area contributed by atoms with E-state index in [4.69, 9.17) is 4.74 Å². The van der Waals surface area contributed by atoms with Crippen LogP contribution in [0.25, 0.3) is 11.4 Å². The normalized spacial score (nSPS) is 10.9. The van der Waals surface area contributed by atoms with Gasteiger partial charge in [-0.05, 0) is 36.8 Å². The van der Waals surface area contributed by atoms with E-state index in [1.807, 2.05) is 6.92 Å². The minimum atomic E-state index is -2.89. The quantitative estimate of drug-likeness (QED) is 0.360. The molecule has 8 nitrogen and oxygen atoms in total. The van der Waals surface area contributed by atoms with Crippen LogP contribution in [0, 0.1) is 0 Å². The van der Waals surface area contributed by atoms with E-state index in [-0.39, 0.29) is 17.4 Å². The third kappa shape index (κ3) is 5.62. The van der Waals surface area contributed by atoms with E-state index in [2.05, 4.69) is 20.3 Å². The Morgan fingerprint density at radius 3 is 2.59 bits per heavy atom. The number of aryl methyl sites for hydroxylation is 1. The van der Waals surface area contributed by atoms with Gasteiger partial charge in [-0.3, -0.25) is 4.79 Å². The fraction of sp³-hybridized carbons (Fsp3) is 0.300. The summed E-state index contributed by atoms with van der Waals surface area (Å²) in [5.41, 5.74) is 0.985. The van der Waals surface area contributed by atoms with Crippen molar-refractivity contribution in [3.8, 4) is 17.1 Å². The molecule has 2 aromatic heterocycles. The van der Waals surface area contributed by atoms with Crippen LogP contribution in [0.2, 0.25) is 0 Å². The number of esters is 1. The van der Waals surface area contributed by atoms with Crippen LogP contribution in [-0.4, -0.2) is 46.1 Å². The van der Waals surface area contributed by atoms with Gasteiger partial charge in [-0.15, -0.1) is 21.5 Å². The first kappa shape index (κ1) is 23.7. The Balaban J connectivity index is 1.65. The summed E-state index contributed by atoms with van der Waals surface area (Å²) in [5.74, 6) is -0.208. The minimum Gasteiger partial charge on any atom is -0.465 e. The van der Waals surface area contributed by atoms with Gasteiger partial charge in [-0.1, -0.05) is 18.7 Å². The van der Waals surface area contributed by atoms with Crippen LogP contribution >= 0.6 is 23.1 Å². The Bertz CT molecular complexity index is 1100. The number of hydrogen-bond acceptors (Lipinski definition) is 8. The standard InChI is InChI=1S/C20H20F2N4O4S2/c1-4-13-9-14(18(28)29-3)17(32-13)23-15(27)10-31-20-25-24-16(26(20)2)11-5-7-12(8-6-11)30-19(21)22/h5-9,19H,4,10H2,1-3H3,(H,23,27). The molecule has 3 aromatic rings. The zero-order valence-electron chi connectivity index (χ0n) is 17.4. The van der Waals surface area contributed by atoms with Crippen molar-refractivity contribution in [2.45, 2.75) is 25.1 Å². The fourth-order valence-electron chi connectivity index (χ4n) is 2.74. The third-order valence-corrected chi connectivity index (χ3v) is 6.51. The Kier molecular flexibility index (Phi) is 7.80. The molecule has 0 radical (unpaired) electrons. The number of ether oxygens (including phenoxy) is 2. The number of amides is 1. The Labute approximate surface area is 190 Å². The highest BCUT2D eigenvalue weighted by Gasteiger charge is 2.19. The average Bonchev–Trinajstić information content (AvgIpc) is 3.35. The predicted octanol–water partition coefficient (Wildman–Crippen LogP) is 4.22. The van der Waals surface area contributed by atoms with Crippen molar-refractivity contribution in [2.24, 2.45) is 7.05 Å². The maximum absolute atomic E-state index is 12.5. The summed E-state index contributed by atoms with van der Waals surface area (Å²) in [4.78, 5) is 25.3. The summed E-state index contributed by atoms with van der Waals surface area (Å²) in [6.07, 6.45) is 0.732. The molecule has 0 spiro atoms. The van der Waals surface area contributed by atoms with Crippen LogP contribution in [0.15, 0.2) is 35.5 Å². The molecular formula is C20H20F2N4O4S2. The number of benzene rings is 1. The van der Waals surface area contributed by atoms with Crippen LogP contribution in [0.3, 0.4) is 0 Å². The number of thiophene rings is 1. The lowest BCUT2D eigenvalue weighted by atomic mass is 10.2. The molecule has 12 heteroatoms. The average molecular weight is 483 g/mol. The maximum atomic E-state index is 12.5. The van der Waals surface area contributed by atoms with Crippen LogP contribution in [-0.2, 0) is 23.0 Å². The van der Waals surface area contributed by atoms with E-state index >= 15 is 0 Å². The molecule has 0 saturated heterocycles. The van der Waals surface area contributed by atoms with Gasteiger partial charge < -0.3 is 19.4 Å². The molecule has 0 aliphatic rings. The number of nitrogens with zero attached hydrogens (tertiary/aromatic N) is 3. The van der Waals surface area contributed by atoms with Gasteiger partial charge in [0, 0.05) is 17.5 Å². The van der Waals surface area contributed by atoms with Crippen molar-refractivity contribution in [1.82, 2.24) is 14.8 Å². The van der Waals surface area contributed by atoms with E-state index in [1.54, 1.807) is 29.8 Å². The Morgan fingerprint density at radius 2 is 1.97 bits per heavy atom. The molecule has 3 rings (SSSR count). The van der Waals surface area contributed by atoms with Crippen LogP contribution in [0.4, 0.5) is 13.8 Å². The lowest BCUT2D eigenvalue weighted by Gasteiger charge is -2.07. The number of methoxy groups -OCH3 is 1. The highest BCUT2D eigenvalue weighted by atomic mass is 32.2. The lowest BCUT2D eigenvalue weighted by molar-refractivity contribution is -0.113. The number of carbonyl (C=O) groups excluding carboxylic acids is 2. The van der Waals surface area contributed by atoms with Gasteiger partial charge in [0.25, 0.3) is 0 Å². The molecule has 0 fully saturated rings. The molecule has 0 saturated carbocycles. The molecular weight excluding hydrogens is 462 g/mol. The van der Waals surface area contributed by atoms with Crippen molar-refractivity contribution < 1.29 is 27.8 Å². The third-order valence-electron chi connectivity index (χ3n) is 4.29. The van der Waals surface area contributed by atoms with Crippen LogP contribution < -0.4 is 10.1 Å². The number of carbonyl (C=O) groups is 2. The van der Waals surface area contributed by atoms with Gasteiger partial charge in [-0.2, -0.15) is 8.78 Å². The fourth-order valence-corrected chi connectivity index (χ4v) is 4.45. The minimum absolute atomic E-state index is 0.0447. The molecule has 32 heavy (non-hydrogen) atoms. The number of anilines is 1. The van der Waals surface area contributed by atoms with Crippen molar-refractivity contribution in [3.63, 3.8) is 0 Å². The molecule has 0 bridgehead atoms. The monoisotopic (exact) mass is 482 g/mol. The predicted molar refractivity (Wildman–Crippen MR) is 117 cm³/mol. The Hall–Kier alpha value is -2.99. The molecule has 1 N–H and O–H groups in total. The molecule has 2 heterocycles. The van der Waals surface area contributed by atoms with E-state index in [9.17, 15) is 18.4 Å². The van der Waals surface area contributed by atoms with Gasteiger partial charge in [-0.25, -0.2) is 4.79 Å². The molecule has 170 valence electrons. The number of nitrogens with one attached hydrogen (secondary N) is 1. The Morgan fingerprint density at radius 1 is 1.25 bits per heavy atom. The molecule has 0 unspecified atom stereocenters. The smallest absolute Gasteiger partial charge is 0.387 e.